The summed E-state index contributed by atoms with van der Waals surface area (Å²) < 4.78 is 0. The molecule has 0 saturated carbocycles. The number of halogens is 1. The molecule has 3 aromatic rings. The molecule has 0 spiro atoms. The van der Waals surface area contributed by atoms with Gasteiger partial charge in [-0.2, -0.15) is 0 Å². The van der Waals surface area contributed by atoms with Gasteiger partial charge in [-0.1, -0.05) is 35.9 Å². The summed E-state index contributed by atoms with van der Waals surface area (Å²) in [6.45, 7) is 3.72. The Hall–Kier alpha value is -2.41. The molecule has 2 aliphatic rings. The maximum atomic E-state index is 13.0. The standard InChI is InChI=1S/C24H25ClN4OS/c25-19-5-7-20(8-6-19)26-24-27-22(16-31-24)23(30)28-13-10-21(11-14-28)29-12-9-17-3-1-2-4-18(17)15-29/h1-8,16,21H,9-15H2,(H,26,27). The number of thiazole rings is 1. The van der Waals surface area contributed by atoms with Crippen LogP contribution in [0, 0.1) is 0 Å². The zero-order chi connectivity index (χ0) is 21.2. The van der Waals surface area contributed by atoms with Crippen LogP contribution >= 0.6 is 22.9 Å². The Morgan fingerprint density at radius 3 is 2.55 bits per heavy atom. The lowest BCUT2D eigenvalue weighted by Gasteiger charge is -2.40. The lowest BCUT2D eigenvalue weighted by atomic mass is 9.95. The summed E-state index contributed by atoms with van der Waals surface area (Å²) in [5.74, 6) is 0.0304. The van der Waals surface area contributed by atoms with Gasteiger partial charge in [-0.25, -0.2) is 4.98 Å². The van der Waals surface area contributed by atoms with E-state index in [2.05, 4.69) is 39.5 Å². The molecule has 1 saturated heterocycles. The van der Waals surface area contributed by atoms with Crippen LogP contribution in [0.2, 0.25) is 5.02 Å². The lowest BCUT2D eigenvalue weighted by molar-refractivity contribution is 0.0595. The fourth-order valence-electron chi connectivity index (χ4n) is 4.51. The highest BCUT2D eigenvalue weighted by Gasteiger charge is 2.30. The van der Waals surface area contributed by atoms with Gasteiger partial charge in [0.15, 0.2) is 5.13 Å². The molecule has 0 unspecified atom stereocenters. The molecule has 5 rings (SSSR count). The van der Waals surface area contributed by atoms with Crippen LogP contribution in [0.1, 0.15) is 34.5 Å². The quantitative estimate of drug-likeness (QED) is 0.590. The third kappa shape index (κ3) is 4.61. The van der Waals surface area contributed by atoms with Crippen LogP contribution in [0.25, 0.3) is 0 Å². The van der Waals surface area contributed by atoms with Crippen molar-refractivity contribution in [3.05, 3.63) is 75.8 Å². The molecule has 0 aliphatic carbocycles. The van der Waals surface area contributed by atoms with Crippen molar-refractivity contribution in [1.29, 1.82) is 0 Å². The summed E-state index contributed by atoms with van der Waals surface area (Å²) >= 11 is 7.38. The first-order chi connectivity index (χ1) is 15.2. The highest BCUT2D eigenvalue weighted by atomic mass is 35.5. The smallest absolute Gasteiger partial charge is 0.273 e. The van der Waals surface area contributed by atoms with Gasteiger partial charge in [0.1, 0.15) is 5.69 Å². The molecule has 0 radical (unpaired) electrons. The van der Waals surface area contributed by atoms with Gasteiger partial charge in [0, 0.05) is 48.3 Å². The van der Waals surface area contributed by atoms with E-state index in [0.717, 1.165) is 51.1 Å². The lowest BCUT2D eigenvalue weighted by Crippen LogP contribution is -2.48. The Morgan fingerprint density at radius 2 is 1.77 bits per heavy atom. The van der Waals surface area contributed by atoms with E-state index in [9.17, 15) is 4.79 Å². The second-order valence-corrected chi connectivity index (χ2v) is 9.48. The zero-order valence-corrected chi connectivity index (χ0v) is 18.8. The number of carbonyl (C=O) groups is 1. The van der Waals surface area contributed by atoms with Crippen LogP contribution in [-0.4, -0.2) is 46.4 Å². The highest BCUT2D eigenvalue weighted by Crippen LogP contribution is 2.27. The van der Waals surface area contributed by atoms with Crippen molar-refractivity contribution >= 4 is 39.7 Å². The monoisotopic (exact) mass is 452 g/mol. The van der Waals surface area contributed by atoms with E-state index in [-0.39, 0.29) is 5.91 Å². The molecule has 31 heavy (non-hydrogen) atoms. The van der Waals surface area contributed by atoms with Crippen molar-refractivity contribution in [2.75, 3.05) is 25.0 Å². The number of benzene rings is 2. The summed E-state index contributed by atoms with van der Waals surface area (Å²) in [6.07, 6.45) is 3.17. The van der Waals surface area contributed by atoms with E-state index >= 15 is 0 Å². The highest BCUT2D eigenvalue weighted by molar-refractivity contribution is 7.14. The summed E-state index contributed by atoms with van der Waals surface area (Å²) in [4.78, 5) is 22.0. The zero-order valence-electron chi connectivity index (χ0n) is 17.3. The average Bonchev–Trinajstić information content (AvgIpc) is 3.28. The fraction of sp³-hybridized carbons (Fsp3) is 0.333. The van der Waals surface area contributed by atoms with Gasteiger partial charge < -0.3 is 10.2 Å². The molecule has 160 valence electrons. The number of nitrogens with zero attached hydrogens (tertiary/aromatic N) is 3. The van der Waals surface area contributed by atoms with Gasteiger partial charge in [-0.15, -0.1) is 11.3 Å². The van der Waals surface area contributed by atoms with Crippen molar-refractivity contribution in [3.63, 3.8) is 0 Å². The molecule has 1 N–H and O–H groups in total. The molecule has 1 fully saturated rings. The molecule has 3 heterocycles. The predicted octanol–water partition coefficient (Wildman–Crippen LogP) is 5.20. The van der Waals surface area contributed by atoms with E-state index in [1.807, 2.05) is 34.5 Å². The topological polar surface area (TPSA) is 48.5 Å². The van der Waals surface area contributed by atoms with Crippen LogP contribution in [0.15, 0.2) is 53.9 Å². The Bertz CT molecular complexity index is 1060. The number of piperidine rings is 1. The molecule has 0 atom stereocenters. The molecule has 1 aromatic heterocycles. The second kappa shape index (κ2) is 8.99. The van der Waals surface area contributed by atoms with E-state index in [1.54, 1.807) is 0 Å². The van der Waals surface area contributed by atoms with E-state index in [1.165, 1.54) is 22.5 Å². The van der Waals surface area contributed by atoms with Gasteiger partial charge in [-0.05, 0) is 54.7 Å². The Labute approximate surface area is 191 Å². The maximum Gasteiger partial charge on any atom is 0.273 e. The first-order valence-electron chi connectivity index (χ1n) is 10.7. The number of rotatable bonds is 4. The minimum absolute atomic E-state index is 0.0304. The number of hydrogen-bond acceptors (Lipinski definition) is 5. The first kappa shape index (κ1) is 20.5. The SMILES string of the molecule is O=C(c1csc(Nc2ccc(Cl)cc2)n1)N1CCC(N2CCc3ccccc3C2)CC1. The molecule has 0 bridgehead atoms. The molecule has 1 amide bonds. The second-order valence-electron chi connectivity index (χ2n) is 8.18. The minimum Gasteiger partial charge on any atom is -0.337 e. The number of hydrogen-bond donors (Lipinski definition) is 1. The summed E-state index contributed by atoms with van der Waals surface area (Å²) in [5.41, 5.74) is 4.36. The average molecular weight is 453 g/mol. The van der Waals surface area contributed by atoms with Crippen LogP contribution in [0.5, 0.6) is 0 Å². The molecular weight excluding hydrogens is 428 g/mol. The molecule has 2 aromatic carbocycles. The normalized spacial score (nSPS) is 17.4. The minimum atomic E-state index is 0.0304. The largest absolute Gasteiger partial charge is 0.337 e. The van der Waals surface area contributed by atoms with Crippen molar-refractivity contribution in [2.24, 2.45) is 0 Å². The van der Waals surface area contributed by atoms with Gasteiger partial charge in [-0.3, -0.25) is 9.69 Å². The fourth-order valence-corrected chi connectivity index (χ4v) is 5.34. The third-order valence-electron chi connectivity index (χ3n) is 6.25. The van der Waals surface area contributed by atoms with Crippen LogP contribution < -0.4 is 5.32 Å². The van der Waals surface area contributed by atoms with Gasteiger partial charge in [0.05, 0.1) is 0 Å². The van der Waals surface area contributed by atoms with Gasteiger partial charge in [0.2, 0.25) is 0 Å². The van der Waals surface area contributed by atoms with Crippen LogP contribution in [0.4, 0.5) is 10.8 Å². The molecule has 2 aliphatic heterocycles. The summed E-state index contributed by atoms with van der Waals surface area (Å²) in [7, 11) is 0. The van der Waals surface area contributed by atoms with E-state index in [0.29, 0.717) is 21.9 Å². The number of nitrogens with one attached hydrogen (secondary N) is 1. The first-order valence-corrected chi connectivity index (χ1v) is 12.0. The van der Waals surface area contributed by atoms with Gasteiger partial charge >= 0.3 is 0 Å². The summed E-state index contributed by atoms with van der Waals surface area (Å²) in [5, 5.41) is 6.49. The summed E-state index contributed by atoms with van der Waals surface area (Å²) in [6, 6.07) is 16.8. The third-order valence-corrected chi connectivity index (χ3v) is 7.26. The molecule has 5 nitrogen and oxygen atoms in total. The maximum absolute atomic E-state index is 13.0. The molecule has 7 heteroatoms. The predicted molar refractivity (Wildman–Crippen MR) is 126 cm³/mol. The van der Waals surface area contributed by atoms with Crippen LogP contribution in [-0.2, 0) is 13.0 Å². The molecular formula is C24H25ClN4OS. The van der Waals surface area contributed by atoms with Crippen molar-refractivity contribution in [1.82, 2.24) is 14.8 Å². The number of carbonyl (C=O) groups excluding carboxylic acids is 1. The van der Waals surface area contributed by atoms with Crippen molar-refractivity contribution in [2.45, 2.75) is 31.8 Å². The van der Waals surface area contributed by atoms with E-state index < -0.39 is 0 Å². The Balaban J connectivity index is 1.16. The van der Waals surface area contributed by atoms with Gasteiger partial charge in [0.25, 0.3) is 5.91 Å². The Morgan fingerprint density at radius 1 is 1.03 bits per heavy atom. The van der Waals surface area contributed by atoms with Crippen molar-refractivity contribution in [3.8, 4) is 0 Å². The van der Waals surface area contributed by atoms with E-state index in [4.69, 9.17) is 11.6 Å². The number of amides is 1. The number of fused-ring (bicyclic) bond motifs is 1. The Kier molecular flexibility index (Phi) is 5.94. The number of anilines is 2. The van der Waals surface area contributed by atoms with Crippen molar-refractivity contribution < 1.29 is 4.79 Å². The number of aromatic nitrogens is 1. The number of likely N-dealkylation sites (tertiary alicyclic amines) is 1. The van der Waals surface area contributed by atoms with Crippen LogP contribution in [0.3, 0.4) is 0 Å².